The number of methoxy groups -OCH3 is 1. The van der Waals surface area contributed by atoms with Crippen molar-refractivity contribution in [1.29, 1.82) is 0 Å². The lowest BCUT2D eigenvalue weighted by Crippen LogP contribution is -2.32. The van der Waals surface area contributed by atoms with Crippen LogP contribution >= 0.6 is 0 Å². The van der Waals surface area contributed by atoms with Crippen LogP contribution in [0.15, 0.2) is 42.6 Å². The largest absolute Gasteiger partial charge is 0.497 e. The monoisotopic (exact) mass is 334 g/mol. The molecular formula is C21H22N2O2. The van der Waals surface area contributed by atoms with Crippen molar-refractivity contribution in [2.75, 3.05) is 13.7 Å². The lowest BCUT2D eigenvalue weighted by molar-refractivity contribution is 0.0747. The third-order valence-corrected chi connectivity index (χ3v) is 5.14. The van der Waals surface area contributed by atoms with Gasteiger partial charge in [0.05, 0.1) is 7.11 Å². The minimum atomic E-state index is 0.0895. The molecule has 128 valence electrons. The van der Waals surface area contributed by atoms with E-state index in [0.29, 0.717) is 6.54 Å². The molecule has 1 aromatic heterocycles. The SMILES string of the molecule is COc1ccc(C(=O)N2CCc3cn(C)c4cccc(c34)C2)c(C)c1. The summed E-state index contributed by atoms with van der Waals surface area (Å²) in [7, 11) is 3.73. The van der Waals surface area contributed by atoms with Crippen molar-refractivity contribution >= 4 is 16.8 Å². The van der Waals surface area contributed by atoms with Gasteiger partial charge in [-0.05, 0) is 54.3 Å². The zero-order chi connectivity index (χ0) is 17.6. The molecule has 0 unspecified atom stereocenters. The molecule has 0 saturated carbocycles. The number of aromatic nitrogens is 1. The van der Waals surface area contributed by atoms with E-state index < -0.39 is 0 Å². The molecule has 0 radical (unpaired) electrons. The standard InChI is InChI=1S/C21H22N2O2/c1-14-11-17(25-3)7-8-18(14)21(24)23-10-9-16-12-22(2)19-6-4-5-15(13-23)20(16)19/h4-8,11-12H,9-10,13H2,1-3H3. The van der Waals surface area contributed by atoms with E-state index >= 15 is 0 Å². The smallest absolute Gasteiger partial charge is 0.254 e. The predicted molar refractivity (Wildman–Crippen MR) is 99.1 cm³/mol. The minimum Gasteiger partial charge on any atom is -0.497 e. The molecule has 0 saturated heterocycles. The Balaban J connectivity index is 1.69. The third-order valence-electron chi connectivity index (χ3n) is 5.14. The molecule has 2 heterocycles. The van der Waals surface area contributed by atoms with Gasteiger partial charge in [0.1, 0.15) is 5.75 Å². The summed E-state index contributed by atoms with van der Waals surface area (Å²) in [5.41, 5.74) is 5.49. The summed E-state index contributed by atoms with van der Waals surface area (Å²) in [6, 6.07) is 12.0. The van der Waals surface area contributed by atoms with E-state index in [1.165, 1.54) is 22.0 Å². The molecule has 25 heavy (non-hydrogen) atoms. The maximum atomic E-state index is 13.1. The van der Waals surface area contributed by atoms with Crippen molar-refractivity contribution in [3.8, 4) is 5.75 Å². The molecule has 4 heteroatoms. The van der Waals surface area contributed by atoms with Crippen molar-refractivity contribution in [3.05, 3.63) is 64.8 Å². The van der Waals surface area contributed by atoms with Gasteiger partial charge in [0.25, 0.3) is 5.91 Å². The van der Waals surface area contributed by atoms with Crippen LogP contribution < -0.4 is 4.74 Å². The first-order valence-corrected chi connectivity index (χ1v) is 8.58. The van der Waals surface area contributed by atoms with E-state index in [4.69, 9.17) is 4.74 Å². The average Bonchev–Trinajstić information content (AvgIpc) is 2.83. The van der Waals surface area contributed by atoms with Crippen LogP contribution in [0.1, 0.15) is 27.0 Å². The number of amides is 1. The van der Waals surface area contributed by atoms with Crippen LogP contribution in [0.3, 0.4) is 0 Å². The summed E-state index contributed by atoms with van der Waals surface area (Å²) in [6.07, 6.45) is 3.08. The number of hydrogen-bond donors (Lipinski definition) is 0. The van der Waals surface area contributed by atoms with Gasteiger partial charge in [0, 0.05) is 42.8 Å². The molecule has 0 bridgehead atoms. The first-order chi connectivity index (χ1) is 12.1. The minimum absolute atomic E-state index is 0.0895. The quantitative estimate of drug-likeness (QED) is 0.716. The number of nitrogens with zero attached hydrogens (tertiary/aromatic N) is 2. The van der Waals surface area contributed by atoms with Gasteiger partial charge in [0.2, 0.25) is 0 Å². The number of carbonyl (C=O) groups is 1. The lowest BCUT2D eigenvalue weighted by Gasteiger charge is -2.22. The van der Waals surface area contributed by atoms with Gasteiger partial charge >= 0.3 is 0 Å². The molecule has 0 spiro atoms. The fourth-order valence-corrected chi connectivity index (χ4v) is 3.83. The van der Waals surface area contributed by atoms with Gasteiger partial charge in [-0.2, -0.15) is 0 Å². The van der Waals surface area contributed by atoms with Crippen LogP contribution in [0, 0.1) is 6.92 Å². The van der Waals surface area contributed by atoms with Gasteiger partial charge in [-0.25, -0.2) is 0 Å². The highest BCUT2D eigenvalue weighted by molar-refractivity contribution is 5.96. The summed E-state index contributed by atoms with van der Waals surface area (Å²) in [5.74, 6) is 0.870. The number of ether oxygens (including phenoxy) is 1. The van der Waals surface area contributed by atoms with E-state index in [-0.39, 0.29) is 5.91 Å². The van der Waals surface area contributed by atoms with Gasteiger partial charge in [-0.3, -0.25) is 4.79 Å². The molecule has 0 N–H and O–H groups in total. The van der Waals surface area contributed by atoms with Crippen LogP contribution in [0.4, 0.5) is 0 Å². The Morgan fingerprint density at radius 3 is 2.76 bits per heavy atom. The third kappa shape index (κ3) is 2.58. The number of benzene rings is 2. The molecule has 0 atom stereocenters. The van der Waals surface area contributed by atoms with Crippen molar-refractivity contribution in [1.82, 2.24) is 9.47 Å². The summed E-state index contributed by atoms with van der Waals surface area (Å²) in [5, 5.41) is 1.31. The highest BCUT2D eigenvalue weighted by atomic mass is 16.5. The molecule has 1 aliphatic rings. The second-order valence-corrected chi connectivity index (χ2v) is 6.73. The molecule has 2 aromatic carbocycles. The lowest BCUT2D eigenvalue weighted by atomic mass is 10.1. The average molecular weight is 334 g/mol. The predicted octanol–water partition coefficient (Wildman–Crippen LogP) is 3.69. The first kappa shape index (κ1) is 15.8. The van der Waals surface area contributed by atoms with Gasteiger partial charge < -0.3 is 14.2 Å². The zero-order valence-corrected chi connectivity index (χ0v) is 14.9. The Morgan fingerprint density at radius 1 is 1.16 bits per heavy atom. The Labute approximate surface area is 147 Å². The first-order valence-electron chi connectivity index (χ1n) is 8.58. The van der Waals surface area contributed by atoms with Gasteiger partial charge in [-0.1, -0.05) is 12.1 Å². The number of aryl methyl sites for hydroxylation is 2. The van der Waals surface area contributed by atoms with Crippen molar-refractivity contribution in [2.45, 2.75) is 19.9 Å². The Hall–Kier alpha value is -2.75. The van der Waals surface area contributed by atoms with Crippen LogP contribution in [0.25, 0.3) is 10.9 Å². The molecule has 4 rings (SSSR count). The highest BCUT2D eigenvalue weighted by Crippen LogP contribution is 2.30. The Morgan fingerprint density at radius 2 is 2.00 bits per heavy atom. The van der Waals surface area contributed by atoms with Crippen LogP contribution in [-0.4, -0.2) is 29.0 Å². The van der Waals surface area contributed by atoms with Gasteiger partial charge in [0.15, 0.2) is 0 Å². The Bertz CT molecular complexity index is 971. The second-order valence-electron chi connectivity index (χ2n) is 6.73. The number of hydrogen-bond acceptors (Lipinski definition) is 2. The van der Waals surface area contributed by atoms with E-state index in [9.17, 15) is 4.79 Å². The second kappa shape index (κ2) is 5.96. The Kier molecular flexibility index (Phi) is 3.75. The van der Waals surface area contributed by atoms with E-state index in [0.717, 1.165) is 29.8 Å². The fourth-order valence-electron chi connectivity index (χ4n) is 3.83. The highest BCUT2D eigenvalue weighted by Gasteiger charge is 2.23. The fraction of sp³-hybridized carbons (Fsp3) is 0.286. The van der Waals surface area contributed by atoms with Crippen LogP contribution in [-0.2, 0) is 20.0 Å². The maximum Gasteiger partial charge on any atom is 0.254 e. The van der Waals surface area contributed by atoms with Crippen molar-refractivity contribution in [3.63, 3.8) is 0 Å². The van der Waals surface area contributed by atoms with Crippen molar-refractivity contribution in [2.24, 2.45) is 7.05 Å². The number of rotatable bonds is 2. The molecule has 0 aliphatic carbocycles. The normalized spacial score (nSPS) is 13.8. The molecule has 1 aliphatic heterocycles. The van der Waals surface area contributed by atoms with Gasteiger partial charge in [-0.15, -0.1) is 0 Å². The molecule has 0 fully saturated rings. The molecule has 3 aromatic rings. The molecular weight excluding hydrogens is 312 g/mol. The number of carbonyl (C=O) groups excluding carboxylic acids is 1. The summed E-state index contributed by atoms with van der Waals surface area (Å²) < 4.78 is 7.43. The summed E-state index contributed by atoms with van der Waals surface area (Å²) in [6.45, 7) is 3.35. The molecule has 1 amide bonds. The van der Waals surface area contributed by atoms with E-state index in [1.807, 2.05) is 30.0 Å². The zero-order valence-electron chi connectivity index (χ0n) is 14.9. The summed E-state index contributed by atoms with van der Waals surface area (Å²) >= 11 is 0. The van der Waals surface area contributed by atoms with Crippen LogP contribution in [0.5, 0.6) is 5.75 Å². The van der Waals surface area contributed by atoms with E-state index in [1.54, 1.807) is 7.11 Å². The van der Waals surface area contributed by atoms with E-state index in [2.05, 4.69) is 36.0 Å². The van der Waals surface area contributed by atoms with Crippen LogP contribution in [0.2, 0.25) is 0 Å². The summed E-state index contributed by atoms with van der Waals surface area (Å²) in [4.78, 5) is 15.1. The topological polar surface area (TPSA) is 34.5 Å². The molecule has 4 nitrogen and oxygen atoms in total. The van der Waals surface area contributed by atoms with Crippen molar-refractivity contribution < 1.29 is 9.53 Å². The maximum absolute atomic E-state index is 13.1.